The Bertz CT molecular complexity index is 1240. The minimum absolute atomic E-state index is 0.185. The molecule has 1 aliphatic rings. The number of aromatic nitrogens is 2. The Labute approximate surface area is 192 Å². The average molecular weight is 443 g/mol. The molecular formula is C26H23FN4S. The van der Waals surface area contributed by atoms with Gasteiger partial charge < -0.3 is 14.8 Å². The van der Waals surface area contributed by atoms with E-state index in [2.05, 4.69) is 46.4 Å². The van der Waals surface area contributed by atoms with E-state index in [1.807, 2.05) is 47.2 Å². The van der Waals surface area contributed by atoms with Crippen molar-refractivity contribution in [3.05, 3.63) is 114 Å². The van der Waals surface area contributed by atoms with Gasteiger partial charge in [0.2, 0.25) is 0 Å². The van der Waals surface area contributed by atoms with Gasteiger partial charge in [-0.25, -0.2) is 4.39 Å². The van der Waals surface area contributed by atoms with Crippen molar-refractivity contribution in [2.45, 2.75) is 25.4 Å². The van der Waals surface area contributed by atoms with Gasteiger partial charge in [-0.3, -0.25) is 4.98 Å². The van der Waals surface area contributed by atoms with Crippen LogP contribution in [0.5, 0.6) is 0 Å². The molecule has 0 amide bonds. The van der Waals surface area contributed by atoms with Crippen LogP contribution in [0.3, 0.4) is 0 Å². The maximum Gasteiger partial charge on any atom is 0.174 e. The van der Waals surface area contributed by atoms with Gasteiger partial charge in [-0.05, 0) is 72.7 Å². The van der Waals surface area contributed by atoms with Crippen LogP contribution in [0, 0.1) is 5.82 Å². The summed E-state index contributed by atoms with van der Waals surface area (Å²) in [4.78, 5) is 6.71. The summed E-state index contributed by atoms with van der Waals surface area (Å²) in [7, 11) is 0. The Balaban J connectivity index is 1.66. The lowest BCUT2D eigenvalue weighted by molar-refractivity contribution is 0.544. The highest BCUT2D eigenvalue weighted by molar-refractivity contribution is 7.80. The minimum Gasteiger partial charge on any atom is -0.351 e. The lowest BCUT2D eigenvalue weighted by Gasteiger charge is -2.29. The number of anilines is 1. The summed E-state index contributed by atoms with van der Waals surface area (Å²) in [5.41, 5.74) is 4.57. The van der Waals surface area contributed by atoms with Crippen LogP contribution in [0.25, 0.3) is 5.69 Å². The van der Waals surface area contributed by atoms with Crippen LogP contribution in [0.4, 0.5) is 10.1 Å². The van der Waals surface area contributed by atoms with E-state index in [0.717, 1.165) is 23.5 Å². The molecule has 160 valence electrons. The lowest BCUT2D eigenvalue weighted by atomic mass is 10.0. The molecule has 3 heterocycles. The Kier molecular flexibility index (Phi) is 5.45. The van der Waals surface area contributed by atoms with E-state index in [-0.39, 0.29) is 17.9 Å². The summed E-state index contributed by atoms with van der Waals surface area (Å²) in [6.45, 7) is 2.14. The third-order valence-electron chi connectivity index (χ3n) is 5.92. The number of halogens is 1. The Morgan fingerprint density at radius 3 is 2.47 bits per heavy atom. The van der Waals surface area contributed by atoms with Crippen LogP contribution in [0.15, 0.2) is 91.3 Å². The Hall–Kier alpha value is -3.51. The first-order valence-electron chi connectivity index (χ1n) is 10.7. The van der Waals surface area contributed by atoms with E-state index in [1.165, 1.54) is 11.6 Å². The normalized spacial score (nSPS) is 18.1. The zero-order chi connectivity index (χ0) is 22.1. The van der Waals surface area contributed by atoms with E-state index in [0.29, 0.717) is 10.8 Å². The number of thiocarbonyl (C=S) groups is 1. The second kappa shape index (κ2) is 8.55. The number of hydrogen-bond acceptors (Lipinski definition) is 2. The number of rotatable bonds is 5. The zero-order valence-electron chi connectivity index (χ0n) is 17.6. The van der Waals surface area contributed by atoms with E-state index in [4.69, 9.17) is 12.2 Å². The molecule has 1 fully saturated rings. The molecule has 5 rings (SSSR count). The molecule has 1 N–H and O–H groups in total. The predicted molar refractivity (Wildman–Crippen MR) is 129 cm³/mol. The Morgan fingerprint density at radius 2 is 1.75 bits per heavy atom. The molecule has 0 saturated carbocycles. The summed E-state index contributed by atoms with van der Waals surface area (Å²) in [5.74, 6) is -0.272. The molecule has 6 heteroatoms. The van der Waals surface area contributed by atoms with Crippen molar-refractivity contribution < 1.29 is 4.39 Å². The summed E-state index contributed by atoms with van der Waals surface area (Å²) in [6, 6.07) is 24.7. The number of pyridine rings is 1. The standard InChI is InChI=1S/C26H23FN4S/c1-2-18-12-14-19(15-13-18)31-25(24(29-26(31)32)21-9-5-6-16-28-21)23-11-7-17-30(23)22-10-4-3-8-20(22)27/h3-17,24-25H,2H2,1H3,(H,29,32)/t24-,25+/m1/s1. The van der Waals surface area contributed by atoms with E-state index < -0.39 is 0 Å². The van der Waals surface area contributed by atoms with E-state index in [1.54, 1.807) is 18.3 Å². The summed E-state index contributed by atoms with van der Waals surface area (Å²) in [5, 5.41) is 4.09. The van der Waals surface area contributed by atoms with Crippen molar-refractivity contribution >= 4 is 23.0 Å². The predicted octanol–water partition coefficient (Wildman–Crippen LogP) is 5.75. The number of hydrogen-bond donors (Lipinski definition) is 1. The molecule has 4 aromatic rings. The highest BCUT2D eigenvalue weighted by atomic mass is 32.1. The maximum atomic E-state index is 14.7. The SMILES string of the molecule is CCc1ccc(N2C(=S)N[C@H](c3ccccn3)[C@@H]2c2cccn2-c2ccccc2F)cc1. The monoisotopic (exact) mass is 442 g/mol. The van der Waals surface area contributed by atoms with Crippen LogP contribution in [-0.4, -0.2) is 14.7 Å². The van der Waals surface area contributed by atoms with E-state index in [9.17, 15) is 4.39 Å². The maximum absolute atomic E-state index is 14.7. The molecule has 0 bridgehead atoms. The second-order valence-electron chi connectivity index (χ2n) is 7.77. The first kappa shape index (κ1) is 20.4. The molecule has 32 heavy (non-hydrogen) atoms. The third kappa shape index (κ3) is 3.56. The van der Waals surface area contributed by atoms with Gasteiger partial charge in [0.1, 0.15) is 11.9 Å². The van der Waals surface area contributed by atoms with Gasteiger partial charge in [0.15, 0.2) is 5.11 Å². The number of para-hydroxylation sites is 1. The van der Waals surface area contributed by atoms with Gasteiger partial charge in [-0.15, -0.1) is 0 Å². The first-order valence-corrected chi connectivity index (χ1v) is 11.1. The molecule has 2 aromatic carbocycles. The molecule has 2 atom stereocenters. The van der Waals surface area contributed by atoms with Crippen LogP contribution in [0.1, 0.15) is 36.0 Å². The van der Waals surface area contributed by atoms with Crippen molar-refractivity contribution in [2.24, 2.45) is 0 Å². The van der Waals surface area contributed by atoms with Gasteiger partial charge in [0.25, 0.3) is 0 Å². The largest absolute Gasteiger partial charge is 0.351 e. The van der Waals surface area contributed by atoms with Crippen molar-refractivity contribution in [1.82, 2.24) is 14.9 Å². The molecule has 4 nitrogen and oxygen atoms in total. The van der Waals surface area contributed by atoms with Crippen LogP contribution in [0.2, 0.25) is 0 Å². The molecule has 0 aliphatic carbocycles. The molecule has 0 spiro atoms. The fraction of sp³-hybridized carbons (Fsp3) is 0.154. The Morgan fingerprint density at radius 1 is 0.969 bits per heavy atom. The first-order chi connectivity index (χ1) is 15.7. The van der Waals surface area contributed by atoms with Gasteiger partial charge in [0, 0.05) is 23.8 Å². The van der Waals surface area contributed by atoms with Crippen molar-refractivity contribution in [3.8, 4) is 5.69 Å². The number of nitrogens with one attached hydrogen (secondary N) is 1. The van der Waals surface area contributed by atoms with Gasteiger partial charge in [-0.1, -0.05) is 37.3 Å². The molecule has 0 radical (unpaired) electrons. The molecule has 0 unspecified atom stereocenters. The summed E-state index contributed by atoms with van der Waals surface area (Å²) >= 11 is 5.80. The highest BCUT2D eigenvalue weighted by Crippen LogP contribution is 2.42. The minimum atomic E-state index is -0.272. The quantitative estimate of drug-likeness (QED) is 0.399. The fourth-order valence-electron chi connectivity index (χ4n) is 4.33. The second-order valence-corrected chi connectivity index (χ2v) is 8.16. The van der Waals surface area contributed by atoms with Gasteiger partial charge >= 0.3 is 0 Å². The highest BCUT2D eigenvalue weighted by Gasteiger charge is 2.42. The van der Waals surface area contributed by atoms with Crippen molar-refractivity contribution in [3.63, 3.8) is 0 Å². The number of aryl methyl sites for hydroxylation is 1. The lowest BCUT2D eigenvalue weighted by Crippen LogP contribution is -2.30. The fourth-order valence-corrected chi connectivity index (χ4v) is 4.67. The molecule has 2 aromatic heterocycles. The number of nitrogens with zero attached hydrogens (tertiary/aromatic N) is 3. The topological polar surface area (TPSA) is 33.1 Å². The third-order valence-corrected chi connectivity index (χ3v) is 6.23. The number of benzene rings is 2. The van der Waals surface area contributed by atoms with Crippen molar-refractivity contribution in [2.75, 3.05) is 4.90 Å². The zero-order valence-corrected chi connectivity index (χ0v) is 18.5. The summed E-state index contributed by atoms with van der Waals surface area (Å²) < 4.78 is 16.6. The molecule has 1 aliphatic heterocycles. The average Bonchev–Trinajstić information content (AvgIpc) is 3.44. The van der Waals surface area contributed by atoms with Crippen LogP contribution >= 0.6 is 12.2 Å². The molecule has 1 saturated heterocycles. The van der Waals surface area contributed by atoms with Gasteiger partial charge in [-0.2, -0.15) is 0 Å². The van der Waals surface area contributed by atoms with Crippen molar-refractivity contribution in [1.29, 1.82) is 0 Å². The van der Waals surface area contributed by atoms with Crippen LogP contribution < -0.4 is 10.2 Å². The van der Waals surface area contributed by atoms with Gasteiger partial charge in [0.05, 0.1) is 17.4 Å². The van der Waals surface area contributed by atoms with E-state index >= 15 is 0 Å². The summed E-state index contributed by atoms with van der Waals surface area (Å²) in [6.07, 6.45) is 4.65. The molecular weight excluding hydrogens is 419 g/mol. The smallest absolute Gasteiger partial charge is 0.174 e. The van der Waals surface area contributed by atoms with Crippen LogP contribution in [-0.2, 0) is 6.42 Å².